The lowest BCUT2D eigenvalue weighted by Gasteiger charge is -2.56. The van der Waals surface area contributed by atoms with E-state index in [9.17, 15) is 4.39 Å². The maximum atomic E-state index is 14.9. The first-order valence-corrected chi connectivity index (χ1v) is 11.5. The van der Waals surface area contributed by atoms with Crippen LogP contribution in [0.3, 0.4) is 0 Å². The van der Waals surface area contributed by atoms with Gasteiger partial charge in [-0.05, 0) is 18.2 Å². The maximum Gasteiger partial charge on any atom is 0.166 e. The lowest BCUT2D eigenvalue weighted by atomic mass is 9.74. The van der Waals surface area contributed by atoms with Crippen LogP contribution in [-0.4, -0.2) is 47.1 Å². The summed E-state index contributed by atoms with van der Waals surface area (Å²) in [5.41, 5.74) is 7.64. The number of nitrogens with one attached hydrogen (secondary N) is 2. The Kier molecular flexibility index (Phi) is 5.97. The fourth-order valence-corrected chi connectivity index (χ4v) is 4.78. The highest BCUT2D eigenvalue weighted by Crippen LogP contribution is 2.38. The highest BCUT2D eigenvalue weighted by atomic mass is 35.5. The molecule has 34 heavy (non-hydrogen) atoms. The number of nitrogens with zero attached hydrogens (tertiary/aromatic N) is 4. The Labute approximate surface area is 209 Å². The second-order valence-electron chi connectivity index (χ2n) is 8.48. The first-order valence-electron chi connectivity index (χ1n) is 10.3. The number of hydrogen-bond acceptors (Lipinski definition) is 8. The van der Waals surface area contributed by atoms with Crippen LogP contribution in [-0.2, 0) is 6.61 Å². The van der Waals surface area contributed by atoms with Gasteiger partial charge in [-0.2, -0.15) is 5.10 Å². The average Bonchev–Trinajstić information content (AvgIpc) is 2.73. The van der Waals surface area contributed by atoms with Gasteiger partial charge in [-0.15, -0.1) is 5.10 Å². The molecule has 0 saturated carbocycles. The van der Waals surface area contributed by atoms with E-state index in [2.05, 4.69) is 20.5 Å². The van der Waals surface area contributed by atoms with Crippen LogP contribution in [0.15, 0.2) is 30.6 Å². The molecule has 2 aliphatic heterocycles. The van der Waals surface area contributed by atoms with Gasteiger partial charge in [0.2, 0.25) is 0 Å². The summed E-state index contributed by atoms with van der Waals surface area (Å²) in [5.74, 6) is 0.0642. The Morgan fingerprint density at radius 2 is 1.94 bits per heavy atom. The van der Waals surface area contributed by atoms with Crippen molar-refractivity contribution < 1.29 is 9.13 Å². The van der Waals surface area contributed by atoms with Crippen molar-refractivity contribution in [2.24, 2.45) is 5.41 Å². The summed E-state index contributed by atoms with van der Waals surface area (Å²) in [6, 6.07) is 4.29. The van der Waals surface area contributed by atoms with Crippen LogP contribution < -0.4 is 20.7 Å². The number of halogens is 4. The van der Waals surface area contributed by atoms with E-state index >= 15 is 0 Å². The monoisotopic (exact) mass is 521 g/mol. The Morgan fingerprint density at radius 1 is 1.18 bits per heavy atom. The summed E-state index contributed by atoms with van der Waals surface area (Å²) < 4.78 is 20.6. The molecule has 12 heteroatoms. The smallest absolute Gasteiger partial charge is 0.166 e. The van der Waals surface area contributed by atoms with Crippen molar-refractivity contribution in [1.29, 1.82) is 5.41 Å². The molecule has 0 unspecified atom stereocenters. The van der Waals surface area contributed by atoms with Gasteiger partial charge < -0.3 is 20.7 Å². The molecule has 1 spiro atoms. The summed E-state index contributed by atoms with van der Waals surface area (Å²) in [6.45, 7) is 3.41. The lowest BCUT2D eigenvalue weighted by Crippen LogP contribution is -2.71. The topological polar surface area (TPSA) is 113 Å². The molecule has 8 nitrogen and oxygen atoms in total. The Morgan fingerprint density at radius 3 is 2.59 bits per heavy atom. The van der Waals surface area contributed by atoms with Gasteiger partial charge in [0.15, 0.2) is 16.8 Å². The number of nitrogens with two attached hydrogens (primary N) is 1. The number of aromatic nitrogens is 3. The molecule has 0 atom stereocenters. The van der Waals surface area contributed by atoms with Crippen molar-refractivity contribution in [1.82, 2.24) is 20.5 Å². The minimum absolute atomic E-state index is 0.0121. The third kappa shape index (κ3) is 4.13. The Balaban J connectivity index is 1.36. The van der Waals surface area contributed by atoms with Gasteiger partial charge in [0.1, 0.15) is 12.4 Å². The van der Waals surface area contributed by atoms with Crippen LogP contribution in [0.2, 0.25) is 15.2 Å². The standard InChI is InChI=1S/C22H19Cl3FN7O/c23-14-3-17(27)12(2-18(14)34-6-13-15(24)5-31-32-20(13)25)19(28)11-1-16(26)21(30-4-11)33-9-22(10-33)7-29-8-22/h1-5,28-29H,6-10,27H2. The molecule has 0 aliphatic carbocycles. The second-order valence-corrected chi connectivity index (χ2v) is 9.66. The van der Waals surface area contributed by atoms with E-state index in [-0.39, 0.29) is 44.9 Å². The van der Waals surface area contributed by atoms with Crippen LogP contribution >= 0.6 is 34.8 Å². The zero-order chi connectivity index (χ0) is 24.0. The van der Waals surface area contributed by atoms with E-state index in [4.69, 9.17) is 50.7 Å². The van der Waals surface area contributed by atoms with E-state index in [0.29, 0.717) is 22.0 Å². The number of nitrogen functional groups attached to an aromatic ring is 1. The maximum absolute atomic E-state index is 14.9. The van der Waals surface area contributed by atoms with Gasteiger partial charge >= 0.3 is 0 Å². The summed E-state index contributed by atoms with van der Waals surface area (Å²) >= 11 is 18.4. The van der Waals surface area contributed by atoms with Crippen LogP contribution in [0.5, 0.6) is 5.75 Å². The molecule has 2 saturated heterocycles. The summed E-state index contributed by atoms with van der Waals surface area (Å²) in [4.78, 5) is 6.20. The number of anilines is 2. The first kappa shape index (κ1) is 23.0. The quantitative estimate of drug-likeness (QED) is 0.332. The van der Waals surface area contributed by atoms with Gasteiger partial charge in [-0.25, -0.2) is 9.37 Å². The van der Waals surface area contributed by atoms with Gasteiger partial charge in [0.05, 0.1) is 22.0 Å². The molecule has 1 aromatic carbocycles. The number of hydrogen-bond donors (Lipinski definition) is 3. The van der Waals surface area contributed by atoms with Gasteiger partial charge in [-0.1, -0.05) is 34.8 Å². The molecule has 176 valence electrons. The third-order valence-corrected chi connectivity index (χ3v) is 6.99. The molecule has 0 radical (unpaired) electrons. The highest BCUT2D eigenvalue weighted by molar-refractivity contribution is 6.35. The SMILES string of the molecule is N=C(c1cnc(N2CC3(CNC3)C2)c(F)c1)c1cc(OCc2c(Cl)cnnc2Cl)c(Cl)cc1N. The van der Waals surface area contributed by atoms with Crippen molar-refractivity contribution in [3.05, 3.63) is 68.3 Å². The average molecular weight is 523 g/mol. The fraction of sp³-hybridized carbons (Fsp3) is 0.273. The Bertz CT molecular complexity index is 1270. The fourth-order valence-electron chi connectivity index (χ4n) is 4.11. The van der Waals surface area contributed by atoms with E-state index in [1.54, 1.807) is 0 Å². The molecular formula is C22H19Cl3FN7O. The molecule has 2 aliphatic rings. The molecular weight excluding hydrogens is 504 g/mol. The highest BCUT2D eigenvalue weighted by Gasteiger charge is 2.48. The predicted molar refractivity (Wildman–Crippen MR) is 130 cm³/mol. The van der Waals surface area contributed by atoms with Crippen LogP contribution in [0.25, 0.3) is 0 Å². The van der Waals surface area contributed by atoms with Gasteiger partial charge in [-0.3, -0.25) is 5.41 Å². The van der Waals surface area contributed by atoms with E-state index in [1.165, 1.54) is 30.6 Å². The lowest BCUT2D eigenvalue weighted by molar-refractivity contribution is 0.119. The van der Waals surface area contributed by atoms with Crippen LogP contribution in [0.4, 0.5) is 15.9 Å². The van der Waals surface area contributed by atoms with E-state index < -0.39 is 5.82 Å². The molecule has 5 rings (SSSR count). The van der Waals surface area contributed by atoms with Crippen molar-refractivity contribution >= 4 is 52.0 Å². The van der Waals surface area contributed by atoms with Crippen molar-refractivity contribution in [2.45, 2.75) is 6.61 Å². The molecule has 2 aromatic heterocycles. The molecule has 0 amide bonds. The predicted octanol–water partition coefficient (Wildman–Crippen LogP) is 3.96. The minimum Gasteiger partial charge on any atom is -0.487 e. The van der Waals surface area contributed by atoms with Crippen molar-refractivity contribution in [3.63, 3.8) is 0 Å². The number of pyridine rings is 1. The largest absolute Gasteiger partial charge is 0.487 e. The summed E-state index contributed by atoms with van der Waals surface area (Å²) in [6.07, 6.45) is 2.83. The number of rotatable bonds is 6. The van der Waals surface area contributed by atoms with Crippen LogP contribution in [0.1, 0.15) is 16.7 Å². The summed E-state index contributed by atoms with van der Waals surface area (Å²) in [5, 5.41) is 19.9. The van der Waals surface area contributed by atoms with E-state index in [0.717, 1.165) is 26.2 Å². The zero-order valence-electron chi connectivity index (χ0n) is 17.7. The number of benzene rings is 1. The Hall–Kier alpha value is -2.72. The summed E-state index contributed by atoms with van der Waals surface area (Å²) in [7, 11) is 0. The molecule has 4 heterocycles. The molecule has 4 N–H and O–H groups in total. The molecule has 0 bridgehead atoms. The second kappa shape index (κ2) is 8.81. The first-order chi connectivity index (χ1) is 16.3. The van der Waals surface area contributed by atoms with Crippen molar-refractivity contribution in [3.8, 4) is 5.75 Å². The van der Waals surface area contributed by atoms with E-state index in [1.807, 2.05) is 4.90 Å². The van der Waals surface area contributed by atoms with Crippen molar-refractivity contribution in [2.75, 3.05) is 36.8 Å². The third-order valence-electron chi connectivity index (χ3n) is 6.06. The van der Waals surface area contributed by atoms with Gasteiger partial charge in [0, 0.05) is 60.2 Å². The molecule has 2 fully saturated rings. The van der Waals surface area contributed by atoms with Gasteiger partial charge in [0.25, 0.3) is 0 Å². The molecule has 3 aromatic rings. The normalized spacial score (nSPS) is 16.2. The zero-order valence-corrected chi connectivity index (χ0v) is 20.0. The number of ether oxygens (including phenoxy) is 1. The van der Waals surface area contributed by atoms with Crippen LogP contribution in [0, 0.1) is 16.6 Å². The minimum atomic E-state index is -0.483.